The third kappa shape index (κ3) is 727. The van der Waals surface area contributed by atoms with E-state index < -0.39 is 80.4 Å². The average molecular weight is 1060 g/mol. The molecular weight excluding hydrogens is 1060 g/mol. The van der Waals surface area contributed by atoms with Crippen LogP contribution < -0.4 is 261 Å². The van der Waals surface area contributed by atoms with Crippen molar-refractivity contribution in [2.75, 3.05) is 0 Å². The van der Waals surface area contributed by atoms with Crippen molar-refractivity contribution in [1.29, 1.82) is 0 Å². The van der Waals surface area contributed by atoms with Gasteiger partial charge < -0.3 is 42.7 Å². The summed E-state index contributed by atoms with van der Waals surface area (Å²) >= 11 is -23.8. The molecule has 0 aliphatic heterocycles. The summed E-state index contributed by atoms with van der Waals surface area (Å²) in [5.74, 6) is 0. The molecule has 28 heteroatoms. The number of hydrogen-bond donors (Lipinski definition) is 0. The molecule has 2 N–H and O–H groups in total. The Hall–Kier alpha value is 6.73. The van der Waals surface area contributed by atoms with Gasteiger partial charge in [-0.1, -0.05) is 0 Å². The van der Waals surface area contributed by atoms with E-state index in [2.05, 4.69) is 0 Å². The SMILES string of the molecule is O.[Cl-].[Cl-].[Cl-].[Na+].[Na+].[Na+].[O-][I+3]([O-])([O-])[O-].[O-][I+3]([O-])([O-])[O-].[O-][I+3]([O-])([O-])[O-].[O-][I+3]([O-])([O-])[O-].[Ru+4]. The zero-order valence-corrected chi connectivity index (χ0v) is 31.7. The summed E-state index contributed by atoms with van der Waals surface area (Å²) in [4.78, 5) is 0. The first kappa shape index (κ1) is 76.5. The van der Waals surface area contributed by atoms with Crippen LogP contribution in [-0.2, 0) is 19.5 Å². The van der Waals surface area contributed by atoms with Gasteiger partial charge in [-0.25, -0.2) is 0 Å². The summed E-state index contributed by atoms with van der Waals surface area (Å²) in [6.45, 7) is 0. The topological polar surface area (TPSA) is 400 Å². The molecule has 0 rings (SSSR count). The Bertz CT molecular complexity index is 158. The van der Waals surface area contributed by atoms with Gasteiger partial charge in [-0.15, -0.1) is 0 Å². The predicted octanol–water partition coefficient (Wildman–Crippen LogP) is -49.8. The van der Waals surface area contributed by atoms with Crippen molar-refractivity contribution in [3.8, 4) is 0 Å². The molecule has 0 aliphatic carbocycles. The molecule has 17 nitrogen and oxygen atoms in total. The van der Waals surface area contributed by atoms with E-state index in [-0.39, 0.29) is 151 Å². The Kier molecular flexibility index (Phi) is 105. The van der Waals surface area contributed by atoms with Crippen molar-refractivity contribution in [3.63, 3.8) is 0 Å². The summed E-state index contributed by atoms with van der Waals surface area (Å²) < 4.78 is 138. The van der Waals surface area contributed by atoms with Crippen LogP contribution in [0.3, 0.4) is 0 Å². The first-order valence-electron chi connectivity index (χ1n) is 2.47. The van der Waals surface area contributed by atoms with Gasteiger partial charge in [-0.3, -0.25) is 55.0 Å². The van der Waals surface area contributed by atoms with Gasteiger partial charge in [0.15, 0.2) is 0 Å². The minimum absolute atomic E-state index is 0. The maximum absolute atomic E-state index is 8.62. The first-order valence-corrected chi connectivity index (χ1v) is 16.6. The molecule has 0 aromatic heterocycles. The Balaban J connectivity index is -0.0000000111. The quantitative estimate of drug-likeness (QED) is 0.161. The Morgan fingerprint density at radius 2 is 0.286 bits per heavy atom. The fourth-order valence-corrected chi connectivity index (χ4v) is 0. The molecule has 164 valence electrons. The number of halogens is 7. The summed E-state index contributed by atoms with van der Waals surface area (Å²) in [5.41, 5.74) is 0. The second-order valence-corrected chi connectivity index (χ2v) is 10.1. The normalized spacial score (nSPS) is 8.57. The van der Waals surface area contributed by atoms with E-state index >= 15 is 0 Å². The zero-order chi connectivity index (χ0) is 18.0. The van der Waals surface area contributed by atoms with Crippen LogP contribution in [0.15, 0.2) is 0 Å². The van der Waals surface area contributed by atoms with Gasteiger partial charge in [0.05, 0.1) is 0 Å². The van der Waals surface area contributed by atoms with Gasteiger partial charge in [0.2, 0.25) is 0 Å². The van der Waals surface area contributed by atoms with Crippen molar-refractivity contribution in [2.45, 2.75) is 0 Å². The first-order chi connectivity index (χ1) is 8.00. The van der Waals surface area contributed by atoms with Crippen LogP contribution in [-0.4, -0.2) is 5.48 Å². The van der Waals surface area contributed by atoms with Crippen molar-refractivity contribution in [3.05, 3.63) is 0 Å². The standard InChI is InChI=1S/3ClH.4IO4.3Na.H2O.Ru/c;;;4*2-1(3,4)5;;;;;/h3*1H;;;;;;;;1H2;/q;;;4*-1;3*+1;;+4/p-3. The van der Waals surface area contributed by atoms with Crippen LogP contribution in [0.25, 0.3) is 0 Å². The largest absolute Gasteiger partial charge is 4.00 e. The van der Waals surface area contributed by atoms with Gasteiger partial charge in [-0.05, 0) is 0 Å². The van der Waals surface area contributed by atoms with Gasteiger partial charge in [0.1, 0.15) is 80.4 Å². The Morgan fingerprint density at radius 3 is 0.286 bits per heavy atom. The van der Waals surface area contributed by atoms with E-state index in [1.807, 2.05) is 0 Å². The van der Waals surface area contributed by atoms with Crippen molar-refractivity contribution >= 4 is 0 Å². The minimum atomic E-state index is -5.94. The molecule has 0 aliphatic rings. The molecule has 0 fully saturated rings. The fraction of sp³-hybridized carbons (Fsp3) is 0. The number of rotatable bonds is 0. The molecule has 0 amide bonds. The summed E-state index contributed by atoms with van der Waals surface area (Å²) in [6, 6.07) is 0. The summed E-state index contributed by atoms with van der Waals surface area (Å²) in [5, 5.41) is 0. The Morgan fingerprint density at radius 1 is 0.286 bits per heavy atom. The third-order valence-corrected chi connectivity index (χ3v) is 0. The predicted molar refractivity (Wildman–Crippen MR) is 3.61 cm³/mol. The summed E-state index contributed by atoms with van der Waals surface area (Å²) in [7, 11) is 0. The molecule has 0 saturated carbocycles. The van der Waals surface area contributed by atoms with Crippen LogP contribution in [0.4, 0.5) is 0 Å². The van der Waals surface area contributed by atoms with Gasteiger partial charge in [0, 0.05) is 0 Å². The maximum Gasteiger partial charge on any atom is 4.00 e. The van der Waals surface area contributed by atoms with E-state index in [9.17, 15) is 0 Å². The molecule has 0 saturated heterocycles. The van der Waals surface area contributed by atoms with Gasteiger partial charge in [0.25, 0.3) is 0 Å². The van der Waals surface area contributed by atoms with E-state index in [4.69, 9.17) is 55.0 Å². The molecule has 0 atom stereocenters. The van der Waals surface area contributed by atoms with Crippen molar-refractivity contribution in [1.82, 2.24) is 0 Å². The van der Waals surface area contributed by atoms with Crippen molar-refractivity contribution < 1.29 is 286 Å². The molecule has 0 spiro atoms. The Labute approximate surface area is 280 Å². The third-order valence-electron chi connectivity index (χ3n) is 0. The van der Waals surface area contributed by atoms with Gasteiger partial charge in [-0.2, -0.15) is 0 Å². The van der Waals surface area contributed by atoms with Crippen LogP contribution in [0.1, 0.15) is 0 Å². The van der Waals surface area contributed by atoms with Crippen molar-refractivity contribution in [2.24, 2.45) is 0 Å². The van der Waals surface area contributed by atoms with E-state index in [1.165, 1.54) is 0 Å². The minimum Gasteiger partial charge on any atom is -1.00 e. The van der Waals surface area contributed by atoms with Crippen LogP contribution >= 0.6 is 0 Å². The molecule has 0 aromatic rings. The smallest absolute Gasteiger partial charge is 1.00 e. The van der Waals surface area contributed by atoms with E-state index in [1.54, 1.807) is 0 Å². The summed E-state index contributed by atoms with van der Waals surface area (Å²) in [6.07, 6.45) is 0. The second-order valence-electron chi connectivity index (χ2n) is 1.51. The molecule has 0 radical (unpaired) electrons. The zero-order valence-electron chi connectivity index (χ0n) is 13.0. The van der Waals surface area contributed by atoms with E-state index in [0.29, 0.717) is 0 Å². The molecule has 0 unspecified atom stereocenters. The molecular formula is H2Cl3I4Na3O17Ru. The van der Waals surface area contributed by atoms with Crippen LogP contribution in [0.5, 0.6) is 0 Å². The average Bonchev–Trinajstić information content (AvgIpc) is 1.62. The molecule has 28 heavy (non-hydrogen) atoms. The fourth-order valence-electron chi connectivity index (χ4n) is 0. The van der Waals surface area contributed by atoms with Gasteiger partial charge >= 0.3 is 108 Å². The number of hydrogen-bond acceptors (Lipinski definition) is 16. The molecule has 0 heterocycles. The maximum atomic E-state index is 8.62. The monoisotopic (exact) mass is 1060 g/mol. The molecule has 0 bridgehead atoms. The molecule has 0 aromatic carbocycles. The van der Waals surface area contributed by atoms with E-state index in [0.717, 1.165) is 0 Å². The second kappa shape index (κ2) is 38.3. The van der Waals surface area contributed by atoms with Crippen LogP contribution in [0.2, 0.25) is 0 Å². The van der Waals surface area contributed by atoms with Crippen LogP contribution in [0, 0.1) is 0 Å².